The minimum atomic E-state index is -0.992. The van der Waals surface area contributed by atoms with E-state index in [9.17, 15) is 9.59 Å². The van der Waals surface area contributed by atoms with Crippen LogP contribution in [0.5, 0.6) is 0 Å². The largest absolute Gasteiger partial charge is 0.458 e. The summed E-state index contributed by atoms with van der Waals surface area (Å²) in [5.41, 5.74) is 4.82. The van der Waals surface area contributed by atoms with E-state index in [1.54, 1.807) is 20.8 Å². The van der Waals surface area contributed by atoms with Gasteiger partial charge in [-0.05, 0) is 48.6 Å². The molecule has 0 aromatic heterocycles. The van der Waals surface area contributed by atoms with Crippen molar-refractivity contribution in [3.63, 3.8) is 0 Å². The summed E-state index contributed by atoms with van der Waals surface area (Å²) in [7, 11) is 0. The van der Waals surface area contributed by atoms with Gasteiger partial charge >= 0.3 is 12.1 Å². The molecule has 1 N–H and O–H groups in total. The van der Waals surface area contributed by atoms with Crippen LogP contribution in [0.1, 0.15) is 43.4 Å². The summed E-state index contributed by atoms with van der Waals surface area (Å²) < 4.78 is 16.8. The molecule has 35 heavy (non-hydrogen) atoms. The number of alkyl carbamates (subject to hydrolysis) is 1. The molecule has 6 nitrogen and oxygen atoms in total. The van der Waals surface area contributed by atoms with Crippen LogP contribution in [0.3, 0.4) is 0 Å². The third-order valence-electron chi connectivity index (χ3n) is 5.72. The van der Waals surface area contributed by atoms with Crippen molar-refractivity contribution in [2.75, 3.05) is 13.2 Å². The Bertz CT molecular complexity index is 1120. The number of esters is 1. The maximum Gasteiger partial charge on any atom is 0.407 e. The first-order valence-corrected chi connectivity index (χ1v) is 11.8. The third-order valence-corrected chi connectivity index (χ3v) is 5.72. The first kappa shape index (κ1) is 24.5. The van der Waals surface area contributed by atoms with Gasteiger partial charge in [-0.25, -0.2) is 9.59 Å². The number of carbonyl (C=O) groups is 2. The number of hydrogen-bond acceptors (Lipinski definition) is 5. The fourth-order valence-corrected chi connectivity index (χ4v) is 4.19. The Balaban J connectivity index is 1.39. The average Bonchev–Trinajstić information content (AvgIpc) is 3.15. The van der Waals surface area contributed by atoms with Crippen LogP contribution < -0.4 is 5.32 Å². The highest BCUT2D eigenvalue weighted by Gasteiger charge is 2.31. The minimum absolute atomic E-state index is 0.0337. The van der Waals surface area contributed by atoms with E-state index in [1.165, 1.54) is 0 Å². The van der Waals surface area contributed by atoms with E-state index < -0.39 is 23.7 Å². The molecule has 0 aliphatic heterocycles. The lowest BCUT2D eigenvalue weighted by atomic mass is 9.98. The van der Waals surface area contributed by atoms with E-state index in [-0.39, 0.29) is 19.1 Å². The van der Waals surface area contributed by atoms with Gasteiger partial charge in [0.15, 0.2) is 6.04 Å². The molecule has 0 fully saturated rings. The van der Waals surface area contributed by atoms with Crippen molar-refractivity contribution in [1.29, 1.82) is 0 Å². The molecular formula is C29H31NO5. The van der Waals surface area contributed by atoms with Gasteiger partial charge in [-0.15, -0.1) is 0 Å². The molecule has 1 unspecified atom stereocenters. The predicted octanol–water partition coefficient (Wildman–Crippen LogP) is 5.45. The highest BCUT2D eigenvalue weighted by Crippen LogP contribution is 2.44. The molecule has 0 bridgehead atoms. The number of amides is 1. The molecule has 0 radical (unpaired) electrons. The zero-order chi connectivity index (χ0) is 24.8. The molecule has 4 rings (SSSR count). The molecule has 0 spiro atoms. The zero-order valence-electron chi connectivity index (χ0n) is 20.3. The average molecular weight is 474 g/mol. The van der Waals surface area contributed by atoms with Crippen LogP contribution in [0.4, 0.5) is 4.79 Å². The van der Waals surface area contributed by atoms with Crippen LogP contribution in [0.2, 0.25) is 0 Å². The van der Waals surface area contributed by atoms with Gasteiger partial charge in [0.25, 0.3) is 0 Å². The van der Waals surface area contributed by atoms with Gasteiger partial charge in [0.1, 0.15) is 12.2 Å². The molecule has 1 aliphatic rings. The van der Waals surface area contributed by atoms with Crippen LogP contribution >= 0.6 is 0 Å². The lowest BCUT2D eigenvalue weighted by Gasteiger charge is -2.24. The van der Waals surface area contributed by atoms with Crippen molar-refractivity contribution in [1.82, 2.24) is 5.32 Å². The molecule has 0 saturated heterocycles. The monoisotopic (exact) mass is 473 g/mol. The van der Waals surface area contributed by atoms with Crippen molar-refractivity contribution < 1.29 is 23.8 Å². The molecule has 3 aromatic carbocycles. The first-order chi connectivity index (χ1) is 16.8. The fourth-order valence-electron chi connectivity index (χ4n) is 4.19. The van der Waals surface area contributed by atoms with E-state index in [2.05, 4.69) is 29.6 Å². The second-order valence-electron chi connectivity index (χ2n) is 9.56. The lowest BCUT2D eigenvalue weighted by molar-refractivity contribution is -0.159. The number of fused-ring (bicyclic) bond motifs is 3. The van der Waals surface area contributed by atoms with Crippen molar-refractivity contribution in [3.05, 3.63) is 95.6 Å². The summed E-state index contributed by atoms with van der Waals surface area (Å²) in [5.74, 6) is -0.637. The van der Waals surface area contributed by atoms with Crippen molar-refractivity contribution >= 4 is 12.1 Å². The normalized spacial score (nSPS) is 13.5. The SMILES string of the molecule is CC(C)(C)OC(=O)C(COCc1ccccc1)NC(=O)OCC1c2ccccc2-c2ccccc21. The summed E-state index contributed by atoms with van der Waals surface area (Å²) in [6.45, 7) is 5.77. The molecule has 1 amide bonds. The molecule has 1 atom stereocenters. The smallest absolute Gasteiger partial charge is 0.407 e. The second-order valence-corrected chi connectivity index (χ2v) is 9.56. The summed E-state index contributed by atoms with van der Waals surface area (Å²) >= 11 is 0. The van der Waals surface area contributed by atoms with Gasteiger partial charge in [0, 0.05) is 5.92 Å². The lowest BCUT2D eigenvalue weighted by Crippen LogP contribution is -2.47. The number of carbonyl (C=O) groups excluding carboxylic acids is 2. The van der Waals surface area contributed by atoms with E-state index in [1.807, 2.05) is 54.6 Å². The van der Waals surface area contributed by atoms with Crippen molar-refractivity contribution in [3.8, 4) is 11.1 Å². The van der Waals surface area contributed by atoms with Gasteiger partial charge in [-0.1, -0.05) is 78.9 Å². The van der Waals surface area contributed by atoms with E-state index in [0.29, 0.717) is 6.61 Å². The predicted molar refractivity (Wildman–Crippen MR) is 134 cm³/mol. The van der Waals surface area contributed by atoms with Crippen LogP contribution in [-0.4, -0.2) is 36.9 Å². The molecule has 0 saturated carbocycles. The van der Waals surface area contributed by atoms with E-state index in [4.69, 9.17) is 14.2 Å². The standard InChI is InChI=1S/C29H31NO5/c1-29(2,3)35-27(31)26(19-33-17-20-11-5-4-6-12-20)30-28(32)34-18-25-23-15-9-7-13-21(23)22-14-8-10-16-24(22)25/h4-16,25-26H,17-19H2,1-3H3,(H,30,32). The van der Waals surface area contributed by atoms with Crippen molar-refractivity contribution in [2.24, 2.45) is 0 Å². The van der Waals surface area contributed by atoms with Gasteiger partial charge in [-0.2, -0.15) is 0 Å². The van der Waals surface area contributed by atoms with E-state index >= 15 is 0 Å². The van der Waals surface area contributed by atoms with Crippen molar-refractivity contribution in [2.45, 2.75) is 44.9 Å². The summed E-state index contributed by atoms with van der Waals surface area (Å²) in [4.78, 5) is 25.5. The van der Waals surface area contributed by atoms with Gasteiger partial charge in [-0.3, -0.25) is 0 Å². The molecule has 1 aliphatic carbocycles. The van der Waals surface area contributed by atoms with Gasteiger partial charge in [0.05, 0.1) is 13.2 Å². The fraction of sp³-hybridized carbons (Fsp3) is 0.310. The maximum absolute atomic E-state index is 12.8. The van der Waals surface area contributed by atoms with Crippen LogP contribution in [0.25, 0.3) is 11.1 Å². The Morgan fingerprint density at radius 1 is 0.857 bits per heavy atom. The Labute approximate surface area is 206 Å². The summed E-state index contributed by atoms with van der Waals surface area (Å²) in [6.07, 6.45) is -0.689. The Hall–Kier alpha value is -3.64. The van der Waals surface area contributed by atoms with Crippen LogP contribution in [0.15, 0.2) is 78.9 Å². The van der Waals surface area contributed by atoms with Gasteiger partial charge in [0.2, 0.25) is 0 Å². The number of hydrogen-bond donors (Lipinski definition) is 1. The summed E-state index contributed by atoms with van der Waals surface area (Å²) in [6, 6.07) is 24.9. The number of nitrogens with one attached hydrogen (secondary N) is 1. The minimum Gasteiger partial charge on any atom is -0.458 e. The van der Waals surface area contributed by atoms with Crippen LogP contribution in [-0.2, 0) is 25.6 Å². The molecule has 182 valence electrons. The zero-order valence-corrected chi connectivity index (χ0v) is 20.3. The Kier molecular flexibility index (Phi) is 7.51. The number of rotatable bonds is 8. The van der Waals surface area contributed by atoms with Gasteiger partial charge < -0.3 is 19.5 Å². The molecule has 3 aromatic rings. The molecular weight excluding hydrogens is 442 g/mol. The van der Waals surface area contributed by atoms with E-state index in [0.717, 1.165) is 27.8 Å². The molecule has 0 heterocycles. The second kappa shape index (κ2) is 10.7. The third kappa shape index (κ3) is 6.28. The Morgan fingerprint density at radius 3 is 2.03 bits per heavy atom. The van der Waals surface area contributed by atoms with Crippen LogP contribution in [0, 0.1) is 0 Å². The highest BCUT2D eigenvalue weighted by molar-refractivity contribution is 5.82. The first-order valence-electron chi connectivity index (χ1n) is 11.8. The Morgan fingerprint density at radius 2 is 1.43 bits per heavy atom. The number of ether oxygens (including phenoxy) is 3. The maximum atomic E-state index is 12.8. The summed E-state index contributed by atoms with van der Waals surface area (Å²) in [5, 5.41) is 2.64. The quantitative estimate of drug-likeness (QED) is 0.440. The molecule has 6 heteroatoms. The highest BCUT2D eigenvalue weighted by atomic mass is 16.6. The number of benzene rings is 3. The topological polar surface area (TPSA) is 73.9 Å².